The molecule has 0 aliphatic carbocycles. The highest BCUT2D eigenvalue weighted by molar-refractivity contribution is 7.91. The smallest absolute Gasteiger partial charge is 0.155 e. The molecule has 2 rings (SSSR count). The SMILES string of the molecule is O=S1(=O)CC(O)C(OC2CCNCC2)C1. The van der Waals surface area contributed by atoms with Gasteiger partial charge in [0.05, 0.1) is 29.8 Å². The van der Waals surface area contributed by atoms with Crippen molar-refractivity contribution in [1.29, 1.82) is 0 Å². The van der Waals surface area contributed by atoms with Crippen molar-refractivity contribution in [3.05, 3.63) is 0 Å². The summed E-state index contributed by atoms with van der Waals surface area (Å²) in [6.45, 7) is 1.81. The Morgan fingerprint density at radius 2 is 1.87 bits per heavy atom. The molecule has 2 aliphatic heterocycles. The van der Waals surface area contributed by atoms with Crippen LogP contribution in [0.3, 0.4) is 0 Å². The van der Waals surface area contributed by atoms with Gasteiger partial charge in [0.2, 0.25) is 0 Å². The molecular formula is C9H17NO4S. The average molecular weight is 235 g/mol. The van der Waals surface area contributed by atoms with E-state index in [1.165, 1.54) is 0 Å². The Bertz CT molecular complexity index is 310. The Balaban J connectivity index is 1.89. The Morgan fingerprint density at radius 1 is 1.20 bits per heavy atom. The minimum absolute atomic E-state index is 0.0297. The molecule has 0 amide bonds. The minimum Gasteiger partial charge on any atom is -0.389 e. The van der Waals surface area contributed by atoms with Gasteiger partial charge in [-0.1, -0.05) is 0 Å². The van der Waals surface area contributed by atoms with Crippen molar-refractivity contribution in [3.63, 3.8) is 0 Å². The van der Waals surface area contributed by atoms with E-state index in [0.29, 0.717) is 0 Å². The third kappa shape index (κ3) is 2.90. The Kier molecular flexibility index (Phi) is 3.30. The quantitative estimate of drug-likeness (QED) is 0.636. The normalized spacial score (nSPS) is 36.9. The number of sulfone groups is 1. The minimum atomic E-state index is -3.09. The summed E-state index contributed by atoms with van der Waals surface area (Å²) in [7, 11) is -3.09. The zero-order chi connectivity index (χ0) is 10.9. The van der Waals surface area contributed by atoms with E-state index in [-0.39, 0.29) is 17.6 Å². The zero-order valence-electron chi connectivity index (χ0n) is 8.55. The van der Waals surface area contributed by atoms with Crippen LogP contribution in [0.5, 0.6) is 0 Å². The number of rotatable bonds is 2. The molecule has 0 spiro atoms. The lowest BCUT2D eigenvalue weighted by Crippen LogP contribution is -2.38. The summed E-state index contributed by atoms with van der Waals surface area (Å²) in [5.74, 6) is -0.180. The number of ether oxygens (including phenoxy) is 1. The van der Waals surface area contributed by atoms with Crippen LogP contribution in [0, 0.1) is 0 Å². The Hall–Kier alpha value is -0.170. The molecular weight excluding hydrogens is 218 g/mol. The summed E-state index contributed by atoms with van der Waals surface area (Å²) >= 11 is 0. The van der Waals surface area contributed by atoms with Crippen LogP contribution in [0.4, 0.5) is 0 Å². The molecule has 2 saturated heterocycles. The number of aliphatic hydroxyl groups is 1. The van der Waals surface area contributed by atoms with Crippen LogP contribution in [-0.4, -0.2) is 56.4 Å². The summed E-state index contributed by atoms with van der Waals surface area (Å²) in [5, 5.41) is 12.7. The van der Waals surface area contributed by atoms with E-state index in [2.05, 4.69) is 5.32 Å². The lowest BCUT2D eigenvalue weighted by molar-refractivity contribution is -0.0619. The van der Waals surface area contributed by atoms with Gasteiger partial charge in [0.1, 0.15) is 0 Å². The zero-order valence-corrected chi connectivity index (χ0v) is 9.37. The van der Waals surface area contributed by atoms with Gasteiger partial charge in [-0.25, -0.2) is 8.42 Å². The second-order valence-electron chi connectivity index (χ2n) is 4.27. The highest BCUT2D eigenvalue weighted by Gasteiger charge is 2.38. The molecule has 0 bridgehead atoms. The van der Waals surface area contributed by atoms with E-state index in [1.54, 1.807) is 0 Å². The van der Waals surface area contributed by atoms with Crippen LogP contribution >= 0.6 is 0 Å². The maximum absolute atomic E-state index is 11.2. The molecule has 0 radical (unpaired) electrons. The van der Waals surface area contributed by atoms with E-state index in [0.717, 1.165) is 25.9 Å². The van der Waals surface area contributed by atoms with Gasteiger partial charge < -0.3 is 15.2 Å². The highest BCUT2D eigenvalue weighted by atomic mass is 32.2. The predicted octanol–water partition coefficient (Wildman–Crippen LogP) is -1.09. The van der Waals surface area contributed by atoms with Crippen LogP contribution < -0.4 is 5.32 Å². The van der Waals surface area contributed by atoms with Crippen molar-refractivity contribution in [2.24, 2.45) is 0 Å². The van der Waals surface area contributed by atoms with E-state index in [9.17, 15) is 13.5 Å². The third-order valence-corrected chi connectivity index (χ3v) is 4.61. The van der Waals surface area contributed by atoms with Crippen molar-refractivity contribution in [2.45, 2.75) is 31.2 Å². The first-order chi connectivity index (χ1) is 7.07. The van der Waals surface area contributed by atoms with Crippen molar-refractivity contribution < 1.29 is 18.3 Å². The molecule has 88 valence electrons. The number of hydrogen-bond donors (Lipinski definition) is 2. The molecule has 2 atom stereocenters. The molecule has 15 heavy (non-hydrogen) atoms. The standard InChI is InChI=1S/C9H17NO4S/c11-8-5-15(12,13)6-9(8)14-7-1-3-10-4-2-7/h7-11H,1-6H2. The second-order valence-corrected chi connectivity index (χ2v) is 6.42. The van der Waals surface area contributed by atoms with E-state index < -0.39 is 22.0 Å². The largest absolute Gasteiger partial charge is 0.389 e. The van der Waals surface area contributed by atoms with Gasteiger partial charge in [0.25, 0.3) is 0 Å². The highest BCUT2D eigenvalue weighted by Crippen LogP contribution is 2.20. The van der Waals surface area contributed by atoms with Gasteiger partial charge in [0.15, 0.2) is 9.84 Å². The fourth-order valence-electron chi connectivity index (χ4n) is 2.11. The Morgan fingerprint density at radius 3 is 2.40 bits per heavy atom. The van der Waals surface area contributed by atoms with E-state index in [1.807, 2.05) is 0 Å². The van der Waals surface area contributed by atoms with Crippen molar-refractivity contribution in [2.75, 3.05) is 24.6 Å². The van der Waals surface area contributed by atoms with Gasteiger partial charge in [-0.15, -0.1) is 0 Å². The lowest BCUT2D eigenvalue weighted by Gasteiger charge is -2.26. The molecule has 2 N–H and O–H groups in total. The van der Waals surface area contributed by atoms with Crippen molar-refractivity contribution in [3.8, 4) is 0 Å². The topological polar surface area (TPSA) is 75.6 Å². The third-order valence-electron chi connectivity index (χ3n) is 2.93. The van der Waals surface area contributed by atoms with Crippen LogP contribution in [-0.2, 0) is 14.6 Å². The molecule has 0 aromatic heterocycles. The second kappa shape index (κ2) is 4.37. The van der Waals surface area contributed by atoms with Gasteiger partial charge >= 0.3 is 0 Å². The van der Waals surface area contributed by atoms with Crippen LogP contribution in [0.15, 0.2) is 0 Å². The van der Waals surface area contributed by atoms with Gasteiger partial charge in [-0.2, -0.15) is 0 Å². The summed E-state index contributed by atoms with van der Waals surface area (Å²) in [5.41, 5.74) is 0. The van der Waals surface area contributed by atoms with Crippen LogP contribution in [0.25, 0.3) is 0 Å². The summed E-state index contributed by atoms with van der Waals surface area (Å²) in [6, 6.07) is 0. The molecule has 0 saturated carbocycles. The summed E-state index contributed by atoms with van der Waals surface area (Å²) < 4.78 is 28.1. The fourth-order valence-corrected chi connectivity index (χ4v) is 3.78. The average Bonchev–Trinajstić information content (AvgIpc) is 2.41. The fraction of sp³-hybridized carbons (Fsp3) is 1.00. The first-order valence-corrected chi connectivity index (χ1v) is 7.14. The molecule has 2 unspecified atom stereocenters. The number of aliphatic hydroxyl groups excluding tert-OH is 1. The number of piperidine rings is 1. The first-order valence-electron chi connectivity index (χ1n) is 5.31. The maximum atomic E-state index is 11.2. The monoisotopic (exact) mass is 235 g/mol. The molecule has 6 heteroatoms. The molecule has 5 nitrogen and oxygen atoms in total. The maximum Gasteiger partial charge on any atom is 0.155 e. The van der Waals surface area contributed by atoms with Gasteiger partial charge in [0, 0.05) is 0 Å². The van der Waals surface area contributed by atoms with Gasteiger partial charge in [-0.05, 0) is 25.9 Å². The molecule has 0 aromatic rings. The molecule has 0 aromatic carbocycles. The van der Waals surface area contributed by atoms with Crippen molar-refractivity contribution >= 4 is 9.84 Å². The van der Waals surface area contributed by atoms with Crippen molar-refractivity contribution in [1.82, 2.24) is 5.32 Å². The lowest BCUT2D eigenvalue weighted by atomic mass is 10.1. The molecule has 2 heterocycles. The van der Waals surface area contributed by atoms with E-state index in [4.69, 9.17) is 4.74 Å². The number of nitrogens with one attached hydrogen (secondary N) is 1. The summed E-state index contributed by atoms with van der Waals surface area (Å²) in [4.78, 5) is 0. The number of hydrogen-bond acceptors (Lipinski definition) is 5. The Labute approximate surface area is 89.7 Å². The van der Waals surface area contributed by atoms with E-state index >= 15 is 0 Å². The molecule has 2 fully saturated rings. The predicted molar refractivity (Wildman–Crippen MR) is 55.4 cm³/mol. The van der Waals surface area contributed by atoms with Crippen LogP contribution in [0.2, 0.25) is 0 Å². The van der Waals surface area contributed by atoms with Crippen LogP contribution in [0.1, 0.15) is 12.8 Å². The summed E-state index contributed by atoms with van der Waals surface area (Å²) in [6.07, 6.45) is 0.522. The molecule has 2 aliphatic rings. The van der Waals surface area contributed by atoms with Gasteiger partial charge in [-0.3, -0.25) is 0 Å². The first kappa shape index (κ1) is 11.3.